The summed E-state index contributed by atoms with van der Waals surface area (Å²) in [5, 5.41) is 14.6. The molecular weight excluding hydrogens is 533 g/mol. The minimum Gasteiger partial charge on any atom is -0.481 e. The second-order valence-corrected chi connectivity index (χ2v) is 10.5. The van der Waals surface area contributed by atoms with Crippen LogP contribution in [0.3, 0.4) is 0 Å². The number of carboxylic acids is 1. The lowest BCUT2D eigenvalue weighted by Crippen LogP contribution is -2.45. The third-order valence-corrected chi connectivity index (χ3v) is 8.09. The van der Waals surface area contributed by atoms with Gasteiger partial charge >= 0.3 is 11.9 Å². The number of rotatable bonds is 8. The fourth-order valence-corrected chi connectivity index (χ4v) is 6.52. The smallest absolute Gasteiger partial charge is 0.338 e. The van der Waals surface area contributed by atoms with Gasteiger partial charge in [-0.25, -0.2) is 22.9 Å². The van der Waals surface area contributed by atoms with Crippen LogP contribution in [0.25, 0.3) is 0 Å². The number of terminal acetylenes is 1. The molecule has 2 saturated heterocycles. The van der Waals surface area contributed by atoms with E-state index in [-0.39, 0.29) is 47.8 Å². The lowest BCUT2D eigenvalue weighted by molar-refractivity contribution is -0.140. The highest BCUT2D eigenvalue weighted by Crippen LogP contribution is 2.52. The predicted molar refractivity (Wildman–Crippen MR) is 137 cm³/mol. The van der Waals surface area contributed by atoms with E-state index in [2.05, 4.69) is 21.2 Å². The maximum atomic E-state index is 15.0. The van der Waals surface area contributed by atoms with Crippen molar-refractivity contribution in [1.29, 1.82) is 0 Å². The Balaban J connectivity index is 1.63. The standard InChI is InChI=1S/C27H25F3N4O4S/c1-3-16-17(6-5-7-18(16)28)22-21(26(37)38-4-2)19(32-24(33-22)25-31-8-9-39-25)13-34-15-10-14(11-20(35)36)23(34)27(29,30)12-15/h1,5-9,14-15,22-23H,4,10-13H2,2H3,(H,32,33)(H,35,36)/t14-,15-,22+,23+/m1/s1. The van der Waals surface area contributed by atoms with E-state index in [4.69, 9.17) is 11.2 Å². The van der Waals surface area contributed by atoms with Crippen molar-refractivity contribution in [2.24, 2.45) is 10.9 Å². The molecule has 2 aromatic rings. The van der Waals surface area contributed by atoms with Crippen molar-refractivity contribution >= 4 is 29.1 Å². The van der Waals surface area contributed by atoms with Gasteiger partial charge in [0.25, 0.3) is 5.92 Å². The van der Waals surface area contributed by atoms with Gasteiger partial charge in [0.05, 0.1) is 23.8 Å². The second kappa shape index (κ2) is 10.5. The Hall–Kier alpha value is -3.69. The first-order valence-electron chi connectivity index (χ1n) is 12.4. The van der Waals surface area contributed by atoms with Crippen LogP contribution < -0.4 is 5.32 Å². The van der Waals surface area contributed by atoms with Gasteiger partial charge in [0, 0.05) is 42.7 Å². The topological polar surface area (TPSA) is 104 Å². The number of nitrogens with one attached hydrogen (secondary N) is 1. The van der Waals surface area contributed by atoms with Gasteiger partial charge in [-0.3, -0.25) is 14.7 Å². The Morgan fingerprint density at radius 3 is 2.85 bits per heavy atom. The second-order valence-electron chi connectivity index (χ2n) is 9.63. The predicted octanol–water partition coefficient (Wildman–Crippen LogP) is 3.74. The number of aliphatic imine (C=N–C) groups is 1. The van der Waals surface area contributed by atoms with Crippen molar-refractivity contribution in [3.63, 3.8) is 0 Å². The molecule has 39 heavy (non-hydrogen) atoms. The zero-order chi connectivity index (χ0) is 27.9. The number of carboxylic acid groups (broad SMARTS) is 1. The molecule has 0 spiro atoms. The van der Waals surface area contributed by atoms with Crippen molar-refractivity contribution in [3.05, 3.63) is 63.0 Å². The maximum absolute atomic E-state index is 15.0. The summed E-state index contributed by atoms with van der Waals surface area (Å²) in [6.45, 7) is 1.53. The van der Waals surface area contributed by atoms with Crippen molar-refractivity contribution < 1.29 is 32.6 Å². The van der Waals surface area contributed by atoms with Crippen LogP contribution in [0.4, 0.5) is 13.2 Å². The molecule has 2 bridgehead atoms. The van der Waals surface area contributed by atoms with E-state index in [0.29, 0.717) is 11.4 Å². The largest absolute Gasteiger partial charge is 0.481 e. The van der Waals surface area contributed by atoms with E-state index in [1.54, 1.807) is 29.5 Å². The summed E-state index contributed by atoms with van der Waals surface area (Å²) in [5.74, 6) is -3.80. The summed E-state index contributed by atoms with van der Waals surface area (Å²) in [6.07, 6.45) is 6.71. The summed E-state index contributed by atoms with van der Waals surface area (Å²) in [4.78, 5) is 35.3. The third-order valence-electron chi connectivity index (χ3n) is 7.31. The average molecular weight is 559 g/mol. The van der Waals surface area contributed by atoms with Crippen molar-refractivity contribution in [2.45, 2.75) is 50.2 Å². The lowest BCUT2D eigenvalue weighted by atomic mass is 9.84. The normalized spacial score (nSPS) is 25.7. The number of carbonyl (C=O) groups excluding carboxylic acids is 1. The molecule has 3 aliphatic rings. The summed E-state index contributed by atoms with van der Waals surface area (Å²) in [5.41, 5.74) is 0.424. The zero-order valence-electron chi connectivity index (χ0n) is 20.9. The molecule has 2 N–H and O–H groups in total. The fraction of sp³-hybridized carbons (Fsp3) is 0.407. The number of amidine groups is 1. The lowest BCUT2D eigenvalue weighted by Gasteiger charge is -2.32. The van der Waals surface area contributed by atoms with Crippen molar-refractivity contribution in [3.8, 4) is 12.3 Å². The van der Waals surface area contributed by atoms with E-state index >= 15 is 8.78 Å². The molecule has 5 rings (SSSR count). The number of esters is 1. The molecule has 0 unspecified atom stereocenters. The zero-order valence-corrected chi connectivity index (χ0v) is 21.7. The number of halogens is 3. The Morgan fingerprint density at radius 1 is 1.38 bits per heavy atom. The highest BCUT2D eigenvalue weighted by atomic mass is 32.1. The van der Waals surface area contributed by atoms with Crippen LogP contribution in [0, 0.1) is 24.1 Å². The first-order chi connectivity index (χ1) is 18.6. The van der Waals surface area contributed by atoms with Crippen LogP contribution in [-0.4, -0.2) is 63.9 Å². The van der Waals surface area contributed by atoms with Gasteiger partial charge < -0.3 is 15.2 Å². The molecule has 1 aromatic heterocycles. The van der Waals surface area contributed by atoms with Gasteiger partial charge in [-0.2, -0.15) is 0 Å². The van der Waals surface area contributed by atoms with E-state index in [1.807, 2.05) is 0 Å². The number of thiazole rings is 1. The molecule has 0 radical (unpaired) electrons. The van der Waals surface area contributed by atoms with E-state index in [0.717, 1.165) is 0 Å². The molecule has 0 saturated carbocycles. The monoisotopic (exact) mass is 558 g/mol. The van der Waals surface area contributed by atoms with Gasteiger partial charge in [-0.05, 0) is 30.9 Å². The van der Waals surface area contributed by atoms with Crippen molar-refractivity contribution in [2.75, 3.05) is 13.2 Å². The number of ether oxygens (including phenoxy) is 1. The molecular formula is C27H25F3N4O4S. The Morgan fingerprint density at radius 2 is 2.18 bits per heavy atom. The highest BCUT2D eigenvalue weighted by molar-refractivity contribution is 7.11. The van der Waals surface area contributed by atoms with Gasteiger partial charge in [-0.1, -0.05) is 18.1 Å². The molecule has 0 amide bonds. The molecule has 4 heterocycles. The number of aliphatic carboxylic acids is 1. The number of fused-ring (bicyclic) bond motifs is 2. The Labute approximate surface area is 226 Å². The first kappa shape index (κ1) is 26.9. The number of hydrogen-bond donors (Lipinski definition) is 2. The van der Waals surface area contributed by atoms with Gasteiger partial charge in [0.2, 0.25) is 0 Å². The molecule has 4 atom stereocenters. The maximum Gasteiger partial charge on any atom is 0.338 e. The minimum atomic E-state index is -3.09. The summed E-state index contributed by atoms with van der Waals surface area (Å²) < 4.78 is 50.2. The Bertz CT molecular complexity index is 1400. The summed E-state index contributed by atoms with van der Waals surface area (Å²) in [6, 6.07) is 1.22. The number of hydrogen-bond acceptors (Lipinski definition) is 8. The van der Waals surface area contributed by atoms with Crippen LogP contribution in [0.2, 0.25) is 0 Å². The van der Waals surface area contributed by atoms with Gasteiger partial charge in [0.1, 0.15) is 11.9 Å². The number of aromatic nitrogens is 1. The van der Waals surface area contributed by atoms with Crippen LogP contribution in [0.5, 0.6) is 0 Å². The molecule has 204 valence electrons. The fourth-order valence-electron chi connectivity index (χ4n) is 5.93. The number of alkyl halides is 2. The van der Waals surface area contributed by atoms with Crippen molar-refractivity contribution in [1.82, 2.24) is 15.2 Å². The molecule has 0 aliphatic carbocycles. The van der Waals surface area contributed by atoms with Crippen LogP contribution >= 0.6 is 11.3 Å². The van der Waals surface area contributed by atoms with E-state index in [1.165, 1.54) is 23.5 Å². The molecule has 12 heteroatoms. The third kappa shape index (κ3) is 4.92. The van der Waals surface area contributed by atoms with Gasteiger partial charge in [-0.15, -0.1) is 17.8 Å². The van der Waals surface area contributed by atoms with Crippen LogP contribution in [0.15, 0.2) is 46.0 Å². The highest BCUT2D eigenvalue weighted by Gasteiger charge is 2.62. The molecule has 1 aromatic carbocycles. The quantitative estimate of drug-likeness (QED) is 0.376. The van der Waals surface area contributed by atoms with Crippen LogP contribution in [0.1, 0.15) is 48.4 Å². The Kier molecular flexibility index (Phi) is 7.22. The number of benzene rings is 1. The van der Waals surface area contributed by atoms with E-state index < -0.39 is 54.1 Å². The molecule has 2 fully saturated rings. The summed E-state index contributed by atoms with van der Waals surface area (Å²) in [7, 11) is 0. The molecule has 3 aliphatic heterocycles. The van der Waals surface area contributed by atoms with Crippen LogP contribution in [-0.2, 0) is 14.3 Å². The minimum absolute atomic E-state index is 0.0173. The summed E-state index contributed by atoms with van der Waals surface area (Å²) >= 11 is 1.27. The average Bonchev–Trinajstić information content (AvgIpc) is 3.57. The number of nitrogens with zero attached hydrogens (tertiary/aromatic N) is 3. The molecule has 8 nitrogen and oxygen atoms in total. The van der Waals surface area contributed by atoms with E-state index in [9.17, 15) is 19.1 Å². The number of carbonyl (C=O) groups is 2. The SMILES string of the molecule is C#Cc1c(F)cccc1[C@@H]1N=C(c2nccs2)NC(CN2[C@@H]3C[C@H](CC(=O)O)[C@H]2C(F)(F)C3)=C1C(=O)OCC. The van der Waals surface area contributed by atoms with Gasteiger partial charge in [0.15, 0.2) is 10.8 Å². The first-order valence-corrected chi connectivity index (χ1v) is 13.3.